The van der Waals surface area contributed by atoms with Crippen molar-refractivity contribution >= 4 is 29.9 Å². The molecule has 0 bridgehead atoms. The van der Waals surface area contributed by atoms with Gasteiger partial charge in [0.15, 0.2) is 0 Å². The number of likely N-dealkylation sites (N-methyl/N-ethyl adjacent to an activating group) is 1. The molecule has 1 aliphatic heterocycles. The van der Waals surface area contributed by atoms with Gasteiger partial charge in [0.25, 0.3) is 5.91 Å². The number of amides is 1. The highest BCUT2D eigenvalue weighted by atomic mass is 35.5. The van der Waals surface area contributed by atoms with Crippen LogP contribution in [-0.2, 0) is 6.42 Å². The first kappa shape index (κ1) is 20.7. The number of likely N-dealkylation sites (tertiary alicyclic amines) is 1. The molecule has 26 heavy (non-hydrogen) atoms. The van der Waals surface area contributed by atoms with Crippen molar-refractivity contribution in [2.75, 3.05) is 20.1 Å². The van der Waals surface area contributed by atoms with E-state index in [2.05, 4.69) is 22.3 Å². The Morgan fingerprint density at radius 1 is 1.38 bits per heavy atom. The average Bonchev–Trinajstić information content (AvgIpc) is 3.23. The maximum atomic E-state index is 12.9. The molecule has 1 aromatic heterocycles. The van der Waals surface area contributed by atoms with Crippen molar-refractivity contribution < 1.29 is 4.79 Å². The van der Waals surface area contributed by atoms with Gasteiger partial charge in [0.05, 0.1) is 10.7 Å². The number of hydrogen-bond acceptors (Lipinski definition) is 4. The first-order valence-electron chi connectivity index (χ1n) is 8.82. The lowest BCUT2D eigenvalue weighted by molar-refractivity contribution is 0.0724. The molecule has 6 nitrogen and oxygen atoms in total. The Kier molecular flexibility index (Phi) is 7.43. The number of nitrogens with one attached hydrogen (secondary N) is 1. The molecular formula is C18H25Cl2N5O. The monoisotopic (exact) mass is 397 g/mol. The molecule has 1 amide bonds. The summed E-state index contributed by atoms with van der Waals surface area (Å²) < 4.78 is 1.71. The molecule has 142 valence electrons. The summed E-state index contributed by atoms with van der Waals surface area (Å²) in [5, 5.41) is 8.26. The van der Waals surface area contributed by atoms with E-state index in [1.54, 1.807) is 4.68 Å². The summed E-state index contributed by atoms with van der Waals surface area (Å²) in [7, 11) is 1.91. The molecule has 1 aromatic carbocycles. The molecule has 3 rings (SSSR count). The first-order chi connectivity index (χ1) is 12.2. The van der Waals surface area contributed by atoms with E-state index in [9.17, 15) is 4.79 Å². The molecule has 2 heterocycles. The van der Waals surface area contributed by atoms with Crippen LogP contribution < -0.4 is 5.32 Å². The number of para-hydroxylation sites is 1. The van der Waals surface area contributed by atoms with Crippen LogP contribution in [0.5, 0.6) is 0 Å². The molecule has 1 aliphatic rings. The van der Waals surface area contributed by atoms with Crippen molar-refractivity contribution in [3.05, 3.63) is 40.9 Å². The van der Waals surface area contributed by atoms with E-state index in [0.717, 1.165) is 50.3 Å². The number of benzene rings is 1. The zero-order valence-electron chi connectivity index (χ0n) is 15.1. The summed E-state index contributed by atoms with van der Waals surface area (Å²) in [5.74, 6) is 0.926. The van der Waals surface area contributed by atoms with Gasteiger partial charge in [-0.25, -0.2) is 9.67 Å². The van der Waals surface area contributed by atoms with E-state index >= 15 is 0 Å². The average molecular weight is 398 g/mol. The van der Waals surface area contributed by atoms with Crippen molar-refractivity contribution in [2.45, 2.75) is 38.6 Å². The predicted octanol–water partition coefficient (Wildman–Crippen LogP) is 3.12. The van der Waals surface area contributed by atoms with Gasteiger partial charge in [0, 0.05) is 25.6 Å². The van der Waals surface area contributed by atoms with Gasteiger partial charge >= 0.3 is 0 Å². The van der Waals surface area contributed by atoms with Crippen LogP contribution in [0.2, 0.25) is 5.02 Å². The first-order valence-corrected chi connectivity index (χ1v) is 9.20. The molecule has 8 heteroatoms. The van der Waals surface area contributed by atoms with Gasteiger partial charge in [-0.2, -0.15) is 0 Å². The second kappa shape index (κ2) is 9.35. The van der Waals surface area contributed by atoms with Crippen LogP contribution in [-0.4, -0.2) is 51.8 Å². The maximum Gasteiger partial charge on any atom is 0.293 e. The number of carbonyl (C=O) groups excluding carboxylic acids is 1. The molecule has 2 aromatic rings. The molecule has 0 radical (unpaired) electrons. The summed E-state index contributed by atoms with van der Waals surface area (Å²) in [5.41, 5.74) is 0.757. The number of aromatic nitrogens is 3. The standard InChI is InChI=1S/C18H24ClN5O.ClH/c1-3-7-16-21-17(18(25)23-11-6-8-13(23)12-20-2)22-24(16)15-10-5-4-9-14(15)19;/h4-5,9-10,13,20H,3,6-8,11-12H2,1-2H3;1H. The van der Waals surface area contributed by atoms with Crippen molar-refractivity contribution in [3.8, 4) is 5.69 Å². The van der Waals surface area contributed by atoms with E-state index in [1.165, 1.54) is 0 Å². The topological polar surface area (TPSA) is 63.1 Å². The lowest BCUT2D eigenvalue weighted by Gasteiger charge is -2.23. The minimum atomic E-state index is -0.0964. The Bertz CT molecular complexity index is 749. The normalized spacial score (nSPS) is 16.6. The molecule has 0 saturated carbocycles. The zero-order chi connectivity index (χ0) is 17.8. The number of nitrogens with zero attached hydrogens (tertiary/aromatic N) is 4. The minimum absolute atomic E-state index is 0. The number of halogens is 2. The zero-order valence-corrected chi connectivity index (χ0v) is 16.7. The summed E-state index contributed by atoms with van der Waals surface area (Å²) in [6.07, 6.45) is 3.69. The summed E-state index contributed by atoms with van der Waals surface area (Å²) in [6.45, 7) is 3.63. The van der Waals surface area contributed by atoms with E-state index in [0.29, 0.717) is 5.02 Å². The second-order valence-electron chi connectivity index (χ2n) is 6.32. The summed E-state index contributed by atoms with van der Waals surface area (Å²) in [6, 6.07) is 7.70. The van der Waals surface area contributed by atoms with Gasteiger partial charge in [-0.1, -0.05) is 30.7 Å². The van der Waals surface area contributed by atoms with Gasteiger partial charge < -0.3 is 10.2 Å². The van der Waals surface area contributed by atoms with Gasteiger partial charge in [0.2, 0.25) is 5.82 Å². The Morgan fingerprint density at radius 2 is 2.15 bits per heavy atom. The van der Waals surface area contributed by atoms with Crippen LogP contribution >= 0.6 is 24.0 Å². The Morgan fingerprint density at radius 3 is 2.85 bits per heavy atom. The molecule has 0 spiro atoms. The second-order valence-corrected chi connectivity index (χ2v) is 6.72. The van der Waals surface area contributed by atoms with Crippen molar-refractivity contribution in [1.82, 2.24) is 25.0 Å². The Labute approximate surface area is 165 Å². The van der Waals surface area contributed by atoms with Gasteiger partial charge in [0.1, 0.15) is 5.82 Å². The van der Waals surface area contributed by atoms with Gasteiger partial charge in [-0.3, -0.25) is 4.79 Å². The third-order valence-electron chi connectivity index (χ3n) is 4.50. The van der Waals surface area contributed by atoms with E-state index in [4.69, 9.17) is 11.6 Å². The molecule has 1 N–H and O–H groups in total. The maximum absolute atomic E-state index is 12.9. The van der Waals surface area contributed by atoms with Crippen LogP contribution in [0.3, 0.4) is 0 Å². The van der Waals surface area contributed by atoms with E-state index < -0.39 is 0 Å². The Hall–Kier alpha value is -1.63. The summed E-state index contributed by atoms with van der Waals surface area (Å²) >= 11 is 6.32. The minimum Gasteiger partial charge on any atom is -0.332 e. The molecule has 1 atom stereocenters. The molecule has 1 saturated heterocycles. The van der Waals surface area contributed by atoms with Gasteiger partial charge in [-0.05, 0) is 38.4 Å². The number of hydrogen-bond donors (Lipinski definition) is 1. The van der Waals surface area contributed by atoms with E-state index in [1.807, 2.05) is 36.2 Å². The van der Waals surface area contributed by atoms with Crippen LogP contribution in [0.25, 0.3) is 5.69 Å². The fourth-order valence-electron chi connectivity index (χ4n) is 3.32. The van der Waals surface area contributed by atoms with Crippen molar-refractivity contribution in [2.24, 2.45) is 0 Å². The van der Waals surface area contributed by atoms with Crippen molar-refractivity contribution in [1.29, 1.82) is 0 Å². The fraction of sp³-hybridized carbons (Fsp3) is 0.500. The van der Waals surface area contributed by atoms with Gasteiger partial charge in [-0.15, -0.1) is 17.5 Å². The quantitative estimate of drug-likeness (QED) is 0.812. The number of aryl methyl sites for hydroxylation is 1. The van der Waals surface area contributed by atoms with Crippen LogP contribution in [0, 0.1) is 0 Å². The lowest BCUT2D eigenvalue weighted by atomic mass is 10.2. The highest BCUT2D eigenvalue weighted by Crippen LogP contribution is 2.23. The largest absolute Gasteiger partial charge is 0.332 e. The van der Waals surface area contributed by atoms with Crippen LogP contribution in [0.1, 0.15) is 42.6 Å². The predicted molar refractivity (Wildman–Crippen MR) is 106 cm³/mol. The molecule has 0 aliphatic carbocycles. The third-order valence-corrected chi connectivity index (χ3v) is 4.82. The number of rotatable bonds is 6. The number of carbonyl (C=O) groups is 1. The van der Waals surface area contributed by atoms with Crippen LogP contribution in [0.4, 0.5) is 0 Å². The fourth-order valence-corrected chi connectivity index (χ4v) is 3.53. The highest BCUT2D eigenvalue weighted by molar-refractivity contribution is 6.32. The SMILES string of the molecule is CCCc1nc(C(=O)N2CCCC2CNC)nn1-c1ccccc1Cl.Cl. The summed E-state index contributed by atoms with van der Waals surface area (Å²) in [4.78, 5) is 19.4. The molecular weight excluding hydrogens is 373 g/mol. The molecule has 1 unspecified atom stereocenters. The lowest BCUT2D eigenvalue weighted by Crippen LogP contribution is -2.41. The highest BCUT2D eigenvalue weighted by Gasteiger charge is 2.31. The van der Waals surface area contributed by atoms with Crippen LogP contribution in [0.15, 0.2) is 24.3 Å². The molecule has 1 fully saturated rings. The van der Waals surface area contributed by atoms with E-state index in [-0.39, 0.29) is 30.2 Å². The Balaban J connectivity index is 0.00000243. The van der Waals surface area contributed by atoms with Crippen molar-refractivity contribution in [3.63, 3.8) is 0 Å². The smallest absolute Gasteiger partial charge is 0.293 e. The third kappa shape index (κ3) is 4.19.